The third-order valence-corrected chi connectivity index (χ3v) is 7.84. The smallest absolute Gasteiger partial charge is 0.162 e. The molecule has 0 aliphatic carbocycles. The Kier molecular flexibility index (Phi) is 13.8. The zero-order valence-corrected chi connectivity index (χ0v) is 28.6. The van der Waals surface area contributed by atoms with Crippen LogP contribution in [-0.4, -0.2) is 15.9 Å². The van der Waals surface area contributed by atoms with Gasteiger partial charge >= 0.3 is 0 Å². The van der Waals surface area contributed by atoms with Crippen molar-refractivity contribution < 1.29 is 30.0 Å². The fourth-order valence-electron chi connectivity index (χ4n) is 4.95. The monoisotopic (exact) mass is 741 g/mol. The van der Waals surface area contributed by atoms with Crippen LogP contribution in [0, 0.1) is 17.9 Å². The number of pyridine rings is 1. The molecule has 225 valence electrons. The van der Waals surface area contributed by atoms with E-state index in [1.807, 2.05) is 52.0 Å². The molecule has 3 aromatic carbocycles. The Morgan fingerprint density at radius 3 is 2.05 bits per heavy atom. The van der Waals surface area contributed by atoms with Crippen LogP contribution >= 0.6 is 0 Å². The number of fused-ring (bicyclic) bond motifs is 1. The molecule has 4 rings (SSSR count). The molecule has 1 N–H and O–H groups in total. The van der Waals surface area contributed by atoms with Crippen LogP contribution in [-0.2, 0) is 30.3 Å². The first-order chi connectivity index (χ1) is 19.6. The molecule has 1 aromatic heterocycles. The molecule has 0 saturated carbocycles. The van der Waals surface area contributed by atoms with Crippen molar-refractivity contribution in [1.82, 2.24) is 4.98 Å². The minimum Gasteiger partial charge on any atom is -0.512 e. The maximum atomic E-state index is 11.7. The Balaban J connectivity index is 0.000000334. The number of allylic oxidation sites excluding steroid dienone is 2. The van der Waals surface area contributed by atoms with Gasteiger partial charge in [-0.1, -0.05) is 103 Å². The fraction of sp³-hybridized carbons (Fsp3) is 0.368. The van der Waals surface area contributed by atoms with Crippen LogP contribution < -0.4 is 0 Å². The number of hydrogen-bond acceptors (Lipinski definition) is 3. The Morgan fingerprint density at radius 2 is 1.45 bits per heavy atom. The molecule has 0 saturated heterocycles. The number of nitrogens with zero attached hydrogens (tertiary/aromatic N) is 1. The summed E-state index contributed by atoms with van der Waals surface area (Å²) in [5.41, 5.74) is 6.91. The summed E-state index contributed by atoms with van der Waals surface area (Å²) < 4.78 is 0. The summed E-state index contributed by atoms with van der Waals surface area (Å²) in [7, 11) is 0. The standard InChI is InChI=1S/C25H22N.C13H24O2.Ir/c1-25(2,3)22-14-11-18(12-15-22)20-8-6-9-21(17-20)24-16-13-19-7-4-5-10-23(19)26-24;1-5-10(6-2)12(14)9-13(15)11(7-3)8-4;/h4-8,10-17H,1-3H3;9-11,14H,5-8H2,1-4H3;/q-1;;/b;12-9-;. The summed E-state index contributed by atoms with van der Waals surface area (Å²) in [6.07, 6.45) is 4.91. The molecule has 3 nitrogen and oxygen atoms in total. The van der Waals surface area contributed by atoms with Gasteiger partial charge in [0.05, 0.1) is 11.3 Å². The molecule has 0 unspecified atom stereocenters. The van der Waals surface area contributed by atoms with Gasteiger partial charge < -0.3 is 5.11 Å². The van der Waals surface area contributed by atoms with Gasteiger partial charge in [-0.2, -0.15) is 0 Å². The second kappa shape index (κ2) is 16.5. The summed E-state index contributed by atoms with van der Waals surface area (Å²) in [5.74, 6) is 0.547. The van der Waals surface area contributed by atoms with E-state index in [0.717, 1.165) is 47.8 Å². The molecule has 0 fully saturated rings. The van der Waals surface area contributed by atoms with Crippen LogP contribution in [0.5, 0.6) is 0 Å². The minimum absolute atomic E-state index is 0. The van der Waals surface area contributed by atoms with Gasteiger partial charge in [0.1, 0.15) is 0 Å². The normalized spacial score (nSPS) is 11.7. The maximum absolute atomic E-state index is 11.7. The van der Waals surface area contributed by atoms with Gasteiger partial charge in [0.2, 0.25) is 0 Å². The molecule has 1 heterocycles. The molecule has 0 bridgehead atoms. The van der Waals surface area contributed by atoms with E-state index in [9.17, 15) is 9.90 Å². The third kappa shape index (κ3) is 9.48. The number of aliphatic hydroxyl groups is 1. The zero-order chi connectivity index (χ0) is 30.0. The predicted octanol–water partition coefficient (Wildman–Crippen LogP) is 10.5. The SMILES string of the molecule is CC(C)(C)c1ccc(-c2cc[c-]c(-c3ccc4ccccc4n3)c2)cc1.CCC(CC)C(=O)/C=C(\O)C(CC)CC.[Ir]. The maximum Gasteiger partial charge on any atom is 0.162 e. The van der Waals surface area contributed by atoms with Gasteiger partial charge in [-0.3, -0.25) is 9.78 Å². The van der Waals surface area contributed by atoms with Gasteiger partial charge in [0.25, 0.3) is 0 Å². The van der Waals surface area contributed by atoms with Gasteiger partial charge in [0, 0.05) is 38.0 Å². The molecular weight excluding hydrogens is 695 g/mol. The number of para-hydroxylation sites is 1. The van der Waals surface area contributed by atoms with E-state index in [2.05, 4.69) is 81.4 Å². The number of hydrogen-bond donors (Lipinski definition) is 1. The molecule has 4 heteroatoms. The zero-order valence-electron chi connectivity index (χ0n) is 26.2. The van der Waals surface area contributed by atoms with Crippen LogP contribution in [0.25, 0.3) is 33.3 Å². The average molecular weight is 741 g/mol. The van der Waals surface area contributed by atoms with Crippen molar-refractivity contribution in [2.24, 2.45) is 11.8 Å². The number of carbonyl (C=O) groups is 1. The summed E-state index contributed by atoms with van der Waals surface area (Å²) in [6, 6.07) is 30.8. The van der Waals surface area contributed by atoms with E-state index >= 15 is 0 Å². The van der Waals surface area contributed by atoms with Gasteiger partial charge in [-0.15, -0.1) is 35.4 Å². The summed E-state index contributed by atoms with van der Waals surface area (Å²) in [4.78, 5) is 16.5. The number of benzene rings is 3. The van der Waals surface area contributed by atoms with Crippen molar-refractivity contribution in [3.8, 4) is 22.4 Å². The number of aromatic nitrogens is 1. The molecule has 0 aliphatic rings. The van der Waals surface area contributed by atoms with Crippen molar-refractivity contribution >= 4 is 16.7 Å². The number of carbonyl (C=O) groups excluding carboxylic acids is 1. The quantitative estimate of drug-likeness (QED) is 0.106. The predicted molar refractivity (Wildman–Crippen MR) is 174 cm³/mol. The first-order valence-electron chi connectivity index (χ1n) is 15.0. The van der Waals surface area contributed by atoms with Gasteiger partial charge in [0.15, 0.2) is 5.78 Å². The molecule has 0 atom stereocenters. The summed E-state index contributed by atoms with van der Waals surface area (Å²) in [6.45, 7) is 14.8. The first kappa shape index (κ1) is 35.1. The topological polar surface area (TPSA) is 50.2 Å². The van der Waals surface area contributed by atoms with Crippen LogP contribution in [0.1, 0.15) is 79.7 Å². The van der Waals surface area contributed by atoms with E-state index in [0.29, 0.717) is 0 Å². The number of rotatable bonds is 9. The van der Waals surface area contributed by atoms with Crippen molar-refractivity contribution in [2.75, 3.05) is 0 Å². The van der Waals surface area contributed by atoms with Gasteiger partial charge in [-0.05, 0) is 59.4 Å². The van der Waals surface area contributed by atoms with Crippen molar-refractivity contribution in [2.45, 2.75) is 79.6 Å². The second-order valence-electron chi connectivity index (χ2n) is 11.7. The van der Waals surface area contributed by atoms with E-state index < -0.39 is 0 Å². The molecule has 0 aliphatic heterocycles. The van der Waals surface area contributed by atoms with Crippen molar-refractivity contribution in [3.63, 3.8) is 0 Å². The molecule has 1 radical (unpaired) electrons. The van der Waals surface area contributed by atoms with Crippen LogP contribution in [0.3, 0.4) is 0 Å². The van der Waals surface area contributed by atoms with Crippen LogP contribution in [0.4, 0.5) is 0 Å². The van der Waals surface area contributed by atoms with Crippen LogP contribution in [0.15, 0.2) is 90.7 Å². The third-order valence-electron chi connectivity index (χ3n) is 7.84. The van der Waals surface area contributed by atoms with E-state index in [1.54, 1.807) is 0 Å². The Hall–Kier alpha value is -3.07. The molecule has 42 heavy (non-hydrogen) atoms. The molecule has 4 aromatic rings. The second-order valence-corrected chi connectivity index (χ2v) is 11.7. The Labute approximate surface area is 266 Å². The number of ketones is 1. The van der Waals surface area contributed by atoms with E-state index in [1.165, 1.54) is 22.8 Å². The van der Waals surface area contributed by atoms with Crippen molar-refractivity contribution in [3.05, 3.63) is 102 Å². The average Bonchev–Trinajstić information content (AvgIpc) is 2.98. The van der Waals surface area contributed by atoms with Crippen LogP contribution in [0.2, 0.25) is 0 Å². The van der Waals surface area contributed by atoms with E-state index in [4.69, 9.17) is 4.98 Å². The Morgan fingerprint density at radius 1 is 0.833 bits per heavy atom. The van der Waals surface area contributed by atoms with E-state index in [-0.39, 0.29) is 48.9 Å². The van der Waals surface area contributed by atoms with Gasteiger partial charge in [-0.25, -0.2) is 0 Å². The molecular formula is C38H46IrNO2-. The summed E-state index contributed by atoms with van der Waals surface area (Å²) in [5, 5.41) is 10.9. The van der Waals surface area contributed by atoms with Crippen molar-refractivity contribution in [1.29, 1.82) is 0 Å². The molecule has 0 amide bonds. The summed E-state index contributed by atoms with van der Waals surface area (Å²) >= 11 is 0. The number of aliphatic hydroxyl groups excluding tert-OH is 1. The minimum atomic E-state index is 0. The fourth-order valence-corrected chi connectivity index (χ4v) is 4.95. The largest absolute Gasteiger partial charge is 0.512 e. The first-order valence-corrected chi connectivity index (χ1v) is 15.0. The Bertz CT molecular complexity index is 1440. The molecule has 0 spiro atoms.